The Labute approximate surface area is 80.0 Å². The molecule has 1 heteroatoms. The summed E-state index contributed by atoms with van der Waals surface area (Å²) in [7, 11) is 0. The molecule has 70 valence electrons. The van der Waals surface area contributed by atoms with Gasteiger partial charge in [-0.2, -0.15) is 0 Å². The van der Waals surface area contributed by atoms with Crippen LogP contribution >= 0.6 is 0 Å². The summed E-state index contributed by atoms with van der Waals surface area (Å²) in [6, 6.07) is 6.85. The molecule has 1 aliphatic carbocycles. The van der Waals surface area contributed by atoms with Gasteiger partial charge in [-0.25, -0.2) is 0 Å². The summed E-state index contributed by atoms with van der Waals surface area (Å²) in [5.41, 5.74) is 9.90. The van der Waals surface area contributed by atoms with Gasteiger partial charge >= 0.3 is 0 Å². The first-order valence-electron chi connectivity index (χ1n) is 5.16. The summed E-state index contributed by atoms with van der Waals surface area (Å²) in [5, 5.41) is 0. The predicted octanol–water partition coefficient (Wildman–Crippen LogP) is 2.59. The molecular formula is C12H17N. The number of aryl methyl sites for hydroxylation is 1. The number of benzene rings is 1. The molecule has 0 saturated heterocycles. The number of nitrogens with two attached hydrogens (primary N) is 1. The third kappa shape index (κ3) is 1.92. The van der Waals surface area contributed by atoms with Gasteiger partial charge in [0.25, 0.3) is 0 Å². The van der Waals surface area contributed by atoms with Gasteiger partial charge in [0.05, 0.1) is 0 Å². The van der Waals surface area contributed by atoms with Gasteiger partial charge in [0.1, 0.15) is 0 Å². The number of hydrogen-bond donors (Lipinski definition) is 1. The molecule has 0 radical (unpaired) electrons. The van der Waals surface area contributed by atoms with Crippen molar-refractivity contribution in [2.24, 2.45) is 5.73 Å². The Hall–Kier alpha value is -0.820. The highest BCUT2D eigenvalue weighted by Crippen LogP contribution is 2.40. The fourth-order valence-corrected chi connectivity index (χ4v) is 1.77. The summed E-state index contributed by atoms with van der Waals surface area (Å²) in [4.78, 5) is 0. The molecule has 1 aromatic rings. The summed E-state index contributed by atoms with van der Waals surface area (Å²) in [5.74, 6) is 0.844. The van der Waals surface area contributed by atoms with E-state index >= 15 is 0 Å². The quantitative estimate of drug-likeness (QED) is 0.750. The van der Waals surface area contributed by atoms with Crippen LogP contribution in [0.4, 0.5) is 0 Å². The van der Waals surface area contributed by atoms with Crippen molar-refractivity contribution in [2.75, 3.05) is 0 Å². The minimum absolute atomic E-state index is 0.674. The lowest BCUT2D eigenvalue weighted by molar-refractivity contribution is 1.01. The molecule has 0 aromatic heterocycles. The zero-order valence-corrected chi connectivity index (χ0v) is 8.22. The molecule has 0 unspecified atom stereocenters. The lowest BCUT2D eigenvalue weighted by Crippen LogP contribution is -1.98. The molecule has 1 aliphatic rings. The molecule has 1 aromatic carbocycles. The molecule has 1 nitrogen and oxygen atoms in total. The molecule has 0 spiro atoms. The van der Waals surface area contributed by atoms with E-state index < -0.39 is 0 Å². The van der Waals surface area contributed by atoms with Crippen LogP contribution in [0, 0.1) is 0 Å². The van der Waals surface area contributed by atoms with Gasteiger partial charge in [0.15, 0.2) is 0 Å². The van der Waals surface area contributed by atoms with Crippen LogP contribution in [0.15, 0.2) is 18.2 Å². The van der Waals surface area contributed by atoms with E-state index in [0.717, 1.165) is 12.3 Å². The van der Waals surface area contributed by atoms with Crippen LogP contribution in [-0.4, -0.2) is 0 Å². The maximum Gasteiger partial charge on any atom is 0.0178 e. The Bertz CT molecular complexity index is 278. The lowest BCUT2D eigenvalue weighted by atomic mass is 10.0. The Balaban J connectivity index is 2.33. The first kappa shape index (κ1) is 8.76. The van der Waals surface area contributed by atoms with Crippen LogP contribution in [0.5, 0.6) is 0 Å². The normalized spacial score (nSPS) is 16.2. The topological polar surface area (TPSA) is 26.0 Å². The zero-order chi connectivity index (χ0) is 9.26. The number of hydrogen-bond acceptors (Lipinski definition) is 1. The molecule has 2 N–H and O–H groups in total. The van der Waals surface area contributed by atoms with Crippen molar-refractivity contribution in [3.8, 4) is 0 Å². The molecule has 0 heterocycles. The molecule has 0 atom stereocenters. The lowest BCUT2D eigenvalue weighted by Gasteiger charge is -2.06. The minimum atomic E-state index is 0.674. The van der Waals surface area contributed by atoms with Crippen LogP contribution in [0.1, 0.15) is 42.4 Å². The van der Waals surface area contributed by atoms with Crippen molar-refractivity contribution in [2.45, 2.75) is 38.6 Å². The largest absolute Gasteiger partial charge is 0.326 e. The van der Waals surface area contributed by atoms with Crippen molar-refractivity contribution in [1.82, 2.24) is 0 Å². The Kier molecular flexibility index (Phi) is 2.36. The SMILES string of the molecule is CCc1cc(CN)cc(C2CC2)c1. The van der Waals surface area contributed by atoms with Gasteiger partial charge in [-0.15, -0.1) is 0 Å². The van der Waals surface area contributed by atoms with Gasteiger partial charge < -0.3 is 5.73 Å². The van der Waals surface area contributed by atoms with Crippen LogP contribution in [0.25, 0.3) is 0 Å². The highest BCUT2D eigenvalue weighted by molar-refractivity contribution is 5.34. The summed E-state index contributed by atoms with van der Waals surface area (Å²) >= 11 is 0. The Morgan fingerprint density at radius 1 is 1.23 bits per heavy atom. The highest BCUT2D eigenvalue weighted by atomic mass is 14.5. The maximum atomic E-state index is 5.66. The monoisotopic (exact) mass is 175 g/mol. The van der Waals surface area contributed by atoms with E-state index in [2.05, 4.69) is 25.1 Å². The van der Waals surface area contributed by atoms with Crippen molar-refractivity contribution in [3.63, 3.8) is 0 Å². The first-order valence-corrected chi connectivity index (χ1v) is 5.16. The van der Waals surface area contributed by atoms with Gasteiger partial charge in [-0.3, -0.25) is 0 Å². The first-order chi connectivity index (χ1) is 6.33. The van der Waals surface area contributed by atoms with Crippen LogP contribution in [0.3, 0.4) is 0 Å². The summed E-state index contributed by atoms with van der Waals surface area (Å²) in [6.07, 6.45) is 3.86. The van der Waals surface area contributed by atoms with E-state index in [-0.39, 0.29) is 0 Å². The Morgan fingerprint density at radius 2 is 1.92 bits per heavy atom. The van der Waals surface area contributed by atoms with Crippen molar-refractivity contribution in [1.29, 1.82) is 0 Å². The van der Waals surface area contributed by atoms with Crippen molar-refractivity contribution < 1.29 is 0 Å². The van der Waals surface area contributed by atoms with Gasteiger partial charge in [0.2, 0.25) is 0 Å². The second kappa shape index (κ2) is 3.51. The number of rotatable bonds is 3. The predicted molar refractivity (Wildman–Crippen MR) is 55.7 cm³/mol. The van der Waals surface area contributed by atoms with E-state index in [9.17, 15) is 0 Å². The third-order valence-electron chi connectivity index (χ3n) is 2.77. The van der Waals surface area contributed by atoms with Crippen molar-refractivity contribution in [3.05, 3.63) is 34.9 Å². The van der Waals surface area contributed by atoms with Crippen molar-refractivity contribution >= 4 is 0 Å². The van der Waals surface area contributed by atoms with E-state index in [1.165, 1.54) is 29.5 Å². The average molecular weight is 175 g/mol. The molecular weight excluding hydrogens is 158 g/mol. The molecule has 1 fully saturated rings. The van der Waals surface area contributed by atoms with Gasteiger partial charge in [0, 0.05) is 6.54 Å². The van der Waals surface area contributed by atoms with Crippen LogP contribution in [0.2, 0.25) is 0 Å². The molecule has 0 aliphatic heterocycles. The third-order valence-corrected chi connectivity index (χ3v) is 2.77. The van der Waals surface area contributed by atoms with Crippen LogP contribution in [-0.2, 0) is 13.0 Å². The Morgan fingerprint density at radius 3 is 2.46 bits per heavy atom. The van der Waals surface area contributed by atoms with E-state index in [1.54, 1.807) is 0 Å². The smallest absolute Gasteiger partial charge is 0.0178 e. The minimum Gasteiger partial charge on any atom is -0.326 e. The standard InChI is InChI=1S/C12H17N/c1-2-9-5-10(8-13)7-12(6-9)11-3-4-11/h5-7,11H,2-4,8,13H2,1H3. The van der Waals surface area contributed by atoms with E-state index in [0.29, 0.717) is 6.54 Å². The molecule has 2 rings (SSSR count). The highest BCUT2D eigenvalue weighted by Gasteiger charge is 2.23. The van der Waals surface area contributed by atoms with E-state index in [4.69, 9.17) is 5.73 Å². The fourth-order valence-electron chi connectivity index (χ4n) is 1.77. The summed E-state index contributed by atoms with van der Waals surface area (Å²) in [6.45, 7) is 2.87. The average Bonchev–Trinajstić information content (AvgIpc) is 3.00. The molecule has 13 heavy (non-hydrogen) atoms. The maximum absolute atomic E-state index is 5.66. The van der Waals surface area contributed by atoms with Gasteiger partial charge in [-0.1, -0.05) is 25.1 Å². The zero-order valence-electron chi connectivity index (χ0n) is 8.22. The summed E-state index contributed by atoms with van der Waals surface area (Å²) < 4.78 is 0. The molecule has 0 bridgehead atoms. The second-order valence-electron chi connectivity index (χ2n) is 3.91. The van der Waals surface area contributed by atoms with Gasteiger partial charge in [-0.05, 0) is 41.9 Å². The molecule has 1 saturated carbocycles. The van der Waals surface area contributed by atoms with Crippen LogP contribution < -0.4 is 5.73 Å². The van der Waals surface area contributed by atoms with E-state index in [1.807, 2.05) is 0 Å². The second-order valence-corrected chi connectivity index (χ2v) is 3.91. The fraction of sp³-hybridized carbons (Fsp3) is 0.500. The molecule has 0 amide bonds.